The molecular weight excluding hydrogens is 228 g/mol. The fraction of sp³-hybridized carbons (Fsp3) is 0.929. The van der Waals surface area contributed by atoms with Gasteiger partial charge in [-0.05, 0) is 58.9 Å². The number of carbonyl (C=O) groups is 1. The topological polar surface area (TPSA) is 50.4 Å². The van der Waals surface area contributed by atoms with Gasteiger partial charge in [-0.15, -0.1) is 0 Å². The number of hydrogen-bond acceptors (Lipinski definition) is 3. The molecule has 1 aliphatic carbocycles. The number of piperidine rings is 1. The highest BCUT2D eigenvalue weighted by Gasteiger charge is 2.36. The molecule has 18 heavy (non-hydrogen) atoms. The van der Waals surface area contributed by atoms with E-state index >= 15 is 0 Å². The zero-order valence-electron chi connectivity index (χ0n) is 11.8. The van der Waals surface area contributed by atoms with Gasteiger partial charge in [-0.2, -0.15) is 0 Å². The van der Waals surface area contributed by atoms with Crippen LogP contribution in [-0.4, -0.2) is 30.3 Å². The van der Waals surface area contributed by atoms with Crippen molar-refractivity contribution in [1.29, 1.82) is 0 Å². The van der Waals surface area contributed by atoms with Gasteiger partial charge in [-0.3, -0.25) is 0 Å². The monoisotopic (exact) mass is 254 g/mol. The number of nitrogens with one attached hydrogen (secondary N) is 2. The van der Waals surface area contributed by atoms with Crippen molar-refractivity contribution in [1.82, 2.24) is 10.6 Å². The number of rotatable bonds is 2. The Morgan fingerprint density at radius 1 is 1.22 bits per heavy atom. The molecule has 2 aliphatic rings. The summed E-state index contributed by atoms with van der Waals surface area (Å²) in [6, 6.07) is 0.680. The lowest BCUT2D eigenvalue weighted by molar-refractivity contribution is 0.0453. The molecule has 0 radical (unpaired) electrons. The minimum atomic E-state index is -0.419. The number of ether oxygens (including phenoxy) is 1. The molecule has 1 heterocycles. The Hall–Kier alpha value is -0.770. The highest BCUT2D eigenvalue weighted by Crippen LogP contribution is 2.33. The van der Waals surface area contributed by atoms with E-state index in [1.54, 1.807) is 0 Å². The predicted octanol–water partition coefficient (Wildman–Crippen LogP) is 2.43. The van der Waals surface area contributed by atoms with Crippen LogP contribution in [0.15, 0.2) is 0 Å². The largest absolute Gasteiger partial charge is 0.444 e. The van der Waals surface area contributed by atoms with E-state index in [1.807, 2.05) is 20.8 Å². The van der Waals surface area contributed by atoms with E-state index in [0.717, 1.165) is 25.3 Å². The van der Waals surface area contributed by atoms with Gasteiger partial charge in [0.25, 0.3) is 0 Å². The van der Waals surface area contributed by atoms with Gasteiger partial charge in [-0.25, -0.2) is 4.79 Å². The van der Waals surface area contributed by atoms with E-state index in [4.69, 9.17) is 4.74 Å². The van der Waals surface area contributed by atoms with Crippen LogP contribution in [0.5, 0.6) is 0 Å². The van der Waals surface area contributed by atoms with Crippen LogP contribution in [0.3, 0.4) is 0 Å². The zero-order chi connectivity index (χ0) is 13.2. The number of hydrogen-bond donors (Lipinski definition) is 2. The van der Waals surface area contributed by atoms with E-state index < -0.39 is 5.60 Å². The van der Waals surface area contributed by atoms with E-state index in [-0.39, 0.29) is 12.1 Å². The molecule has 2 atom stereocenters. The van der Waals surface area contributed by atoms with Crippen molar-refractivity contribution in [3.05, 3.63) is 0 Å². The summed E-state index contributed by atoms with van der Waals surface area (Å²) < 4.78 is 5.34. The molecule has 2 fully saturated rings. The van der Waals surface area contributed by atoms with Crippen LogP contribution in [0.25, 0.3) is 0 Å². The minimum absolute atomic E-state index is 0.235. The Labute approximate surface area is 110 Å². The van der Waals surface area contributed by atoms with Crippen LogP contribution in [0.1, 0.15) is 52.9 Å². The normalized spacial score (nSPS) is 29.5. The van der Waals surface area contributed by atoms with Crippen LogP contribution < -0.4 is 10.6 Å². The predicted molar refractivity (Wildman–Crippen MR) is 71.5 cm³/mol. The van der Waals surface area contributed by atoms with Gasteiger partial charge in [0, 0.05) is 12.1 Å². The Balaban J connectivity index is 1.87. The Kier molecular flexibility index (Phi) is 4.15. The maximum absolute atomic E-state index is 11.8. The Bertz CT molecular complexity index is 295. The third-order valence-electron chi connectivity index (χ3n) is 3.87. The minimum Gasteiger partial charge on any atom is -0.444 e. The Morgan fingerprint density at radius 2 is 1.94 bits per heavy atom. The summed E-state index contributed by atoms with van der Waals surface area (Å²) in [6.45, 7) is 6.77. The maximum Gasteiger partial charge on any atom is 0.407 e. The second-order valence-corrected chi connectivity index (χ2v) is 6.57. The van der Waals surface area contributed by atoms with Gasteiger partial charge < -0.3 is 15.4 Å². The van der Waals surface area contributed by atoms with Crippen molar-refractivity contribution in [2.24, 2.45) is 5.92 Å². The van der Waals surface area contributed by atoms with Gasteiger partial charge in [0.2, 0.25) is 0 Å². The molecule has 2 rings (SSSR count). The second kappa shape index (κ2) is 5.47. The van der Waals surface area contributed by atoms with Gasteiger partial charge in [0.1, 0.15) is 5.60 Å². The molecule has 4 nitrogen and oxygen atoms in total. The van der Waals surface area contributed by atoms with Crippen molar-refractivity contribution in [2.45, 2.75) is 70.6 Å². The first-order valence-electron chi connectivity index (χ1n) is 7.18. The molecule has 0 aromatic carbocycles. The van der Waals surface area contributed by atoms with E-state index in [9.17, 15) is 4.79 Å². The van der Waals surface area contributed by atoms with Crippen molar-refractivity contribution in [3.63, 3.8) is 0 Å². The first-order valence-corrected chi connectivity index (χ1v) is 7.18. The third-order valence-corrected chi connectivity index (χ3v) is 3.87. The van der Waals surface area contributed by atoms with Gasteiger partial charge in [-0.1, -0.05) is 6.42 Å². The molecule has 1 amide bonds. The fourth-order valence-corrected chi connectivity index (χ4v) is 2.83. The quantitative estimate of drug-likeness (QED) is 0.795. The van der Waals surface area contributed by atoms with E-state index in [2.05, 4.69) is 10.6 Å². The third kappa shape index (κ3) is 3.61. The summed E-state index contributed by atoms with van der Waals surface area (Å²) in [4.78, 5) is 11.8. The highest BCUT2D eigenvalue weighted by atomic mass is 16.6. The fourth-order valence-electron chi connectivity index (χ4n) is 2.83. The Morgan fingerprint density at radius 3 is 2.50 bits per heavy atom. The standard InChI is InChI=1S/C14H26N2O2/c1-14(2,3)18-13(17)16-11-8-5-9-15-12(11)10-6-4-7-10/h10-12,15H,4-9H2,1-3H3,(H,16,17). The summed E-state index contributed by atoms with van der Waals surface area (Å²) in [7, 11) is 0. The molecule has 1 aliphatic heterocycles. The molecule has 2 unspecified atom stereocenters. The summed E-state index contributed by atoms with van der Waals surface area (Å²) in [5, 5.41) is 6.62. The number of carbonyl (C=O) groups excluding carboxylic acids is 1. The zero-order valence-corrected chi connectivity index (χ0v) is 11.8. The summed E-state index contributed by atoms with van der Waals surface area (Å²) in [6.07, 6.45) is 5.84. The lowest BCUT2D eigenvalue weighted by Gasteiger charge is -2.42. The van der Waals surface area contributed by atoms with E-state index in [1.165, 1.54) is 19.3 Å². The molecule has 1 saturated heterocycles. The summed E-state index contributed by atoms with van der Waals surface area (Å²) in [5.41, 5.74) is -0.419. The smallest absolute Gasteiger partial charge is 0.407 e. The van der Waals surface area contributed by atoms with Gasteiger partial charge in [0.15, 0.2) is 0 Å². The molecular formula is C14H26N2O2. The second-order valence-electron chi connectivity index (χ2n) is 6.57. The molecule has 0 aromatic heterocycles. The molecule has 0 spiro atoms. The van der Waals surface area contributed by atoms with Crippen LogP contribution >= 0.6 is 0 Å². The maximum atomic E-state index is 11.8. The van der Waals surface area contributed by atoms with Gasteiger partial charge in [0.05, 0.1) is 0 Å². The van der Waals surface area contributed by atoms with E-state index in [0.29, 0.717) is 6.04 Å². The lowest BCUT2D eigenvalue weighted by atomic mass is 9.75. The summed E-state index contributed by atoms with van der Waals surface area (Å²) in [5.74, 6) is 0.741. The highest BCUT2D eigenvalue weighted by molar-refractivity contribution is 5.68. The molecule has 4 heteroatoms. The van der Waals surface area contributed by atoms with Crippen LogP contribution in [0.2, 0.25) is 0 Å². The van der Waals surface area contributed by atoms with Crippen LogP contribution in [0.4, 0.5) is 4.79 Å². The van der Waals surface area contributed by atoms with Gasteiger partial charge >= 0.3 is 6.09 Å². The van der Waals surface area contributed by atoms with Crippen molar-refractivity contribution in [2.75, 3.05) is 6.54 Å². The first-order chi connectivity index (χ1) is 8.46. The summed E-state index contributed by atoms with van der Waals surface area (Å²) >= 11 is 0. The van der Waals surface area contributed by atoms with Crippen LogP contribution in [-0.2, 0) is 4.74 Å². The molecule has 0 bridgehead atoms. The average molecular weight is 254 g/mol. The lowest BCUT2D eigenvalue weighted by Crippen LogP contribution is -2.58. The first kappa shape index (κ1) is 13.7. The number of amides is 1. The van der Waals surface area contributed by atoms with Crippen molar-refractivity contribution >= 4 is 6.09 Å². The van der Waals surface area contributed by atoms with Crippen LogP contribution in [0, 0.1) is 5.92 Å². The molecule has 1 saturated carbocycles. The number of alkyl carbamates (subject to hydrolysis) is 1. The van der Waals surface area contributed by atoms with Crippen molar-refractivity contribution < 1.29 is 9.53 Å². The molecule has 2 N–H and O–H groups in total. The average Bonchev–Trinajstić information content (AvgIpc) is 2.15. The van der Waals surface area contributed by atoms with Crippen molar-refractivity contribution in [3.8, 4) is 0 Å². The SMILES string of the molecule is CC(C)(C)OC(=O)NC1CCCNC1C1CCC1. The molecule has 104 valence electrons. The molecule has 0 aromatic rings.